The molecule has 2 N–H and O–H groups in total. The number of aliphatic carboxylic acids is 1. The Bertz CT molecular complexity index is 959. The second kappa shape index (κ2) is 9.15. The molecule has 3 rings (SSSR count). The first-order valence-electron chi connectivity index (χ1n) is 8.80. The van der Waals surface area contributed by atoms with Crippen LogP contribution in [0.5, 0.6) is 0 Å². The summed E-state index contributed by atoms with van der Waals surface area (Å²) in [5.74, 6) is -1.82. The third kappa shape index (κ3) is 5.18. The van der Waals surface area contributed by atoms with E-state index in [-0.39, 0.29) is 12.3 Å². The number of hydrogen-bond donors (Lipinski definition) is 2. The van der Waals surface area contributed by atoms with Gasteiger partial charge in [0.1, 0.15) is 5.82 Å². The molecule has 0 fully saturated rings. The summed E-state index contributed by atoms with van der Waals surface area (Å²) in [6, 6.07) is 20.2. The number of nitrogens with one attached hydrogen (secondary N) is 1. The monoisotopic (exact) mass is 394 g/mol. The lowest BCUT2D eigenvalue weighted by molar-refractivity contribution is -0.143. The fraction of sp³-hybridized carbons (Fsp3) is 0.136. The molecule has 0 radical (unpaired) electrons. The van der Waals surface area contributed by atoms with Crippen LogP contribution in [0.1, 0.15) is 12.0 Å². The van der Waals surface area contributed by atoms with Crippen molar-refractivity contribution in [2.24, 2.45) is 5.92 Å². The van der Waals surface area contributed by atoms with E-state index in [4.69, 9.17) is 11.6 Å². The van der Waals surface area contributed by atoms with Gasteiger partial charge in [0.15, 0.2) is 0 Å². The van der Waals surface area contributed by atoms with Crippen LogP contribution in [0.3, 0.4) is 0 Å². The SMILES string of the molecule is O=C(CC(Cc1ccccc1)C(=O)O)Nc1ccc(-c2ccccc2Cl)cn1. The van der Waals surface area contributed by atoms with Crippen molar-refractivity contribution in [2.75, 3.05) is 5.32 Å². The second-order valence-corrected chi connectivity index (χ2v) is 6.80. The minimum atomic E-state index is -0.999. The number of hydrogen-bond acceptors (Lipinski definition) is 3. The summed E-state index contributed by atoms with van der Waals surface area (Å²) in [4.78, 5) is 28.0. The maximum Gasteiger partial charge on any atom is 0.307 e. The first kappa shape index (κ1) is 19.6. The van der Waals surface area contributed by atoms with E-state index in [1.807, 2.05) is 54.6 Å². The minimum Gasteiger partial charge on any atom is -0.481 e. The highest BCUT2D eigenvalue weighted by Gasteiger charge is 2.22. The summed E-state index contributed by atoms with van der Waals surface area (Å²) in [5.41, 5.74) is 2.56. The average Bonchev–Trinajstić information content (AvgIpc) is 2.69. The molecule has 0 aliphatic carbocycles. The van der Waals surface area contributed by atoms with Crippen molar-refractivity contribution >= 4 is 29.3 Å². The minimum absolute atomic E-state index is 0.127. The second-order valence-electron chi connectivity index (χ2n) is 6.39. The molecule has 0 saturated carbocycles. The molecule has 1 amide bonds. The Morgan fingerprint density at radius 1 is 1.00 bits per heavy atom. The third-order valence-electron chi connectivity index (χ3n) is 4.32. The van der Waals surface area contributed by atoms with Gasteiger partial charge in [-0.25, -0.2) is 4.98 Å². The zero-order chi connectivity index (χ0) is 19.9. The number of amides is 1. The van der Waals surface area contributed by atoms with E-state index < -0.39 is 11.9 Å². The number of nitrogens with zero attached hydrogens (tertiary/aromatic N) is 1. The van der Waals surface area contributed by atoms with Crippen molar-refractivity contribution in [2.45, 2.75) is 12.8 Å². The summed E-state index contributed by atoms with van der Waals surface area (Å²) in [6.07, 6.45) is 1.79. The van der Waals surface area contributed by atoms with Crippen molar-refractivity contribution in [3.05, 3.63) is 83.5 Å². The van der Waals surface area contributed by atoms with Crippen LogP contribution in [0.2, 0.25) is 5.02 Å². The van der Waals surface area contributed by atoms with Gasteiger partial charge in [0.2, 0.25) is 5.91 Å². The number of halogens is 1. The maximum absolute atomic E-state index is 12.3. The first-order chi connectivity index (χ1) is 13.5. The number of carboxylic acid groups (broad SMARTS) is 1. The molecule has 1 aromatic heterocycles. The van der Waals surface area contributed by atoms with E-state index in [1.54, 1.807) is 18.3 Å². The highest BCUT2D eigenvalue weighted by Crippen LogP contribution is 2.27. The Kier molecular flexibility index (Phi) is 6.40. The van der Waals surface area contributed by atoms with Crippen molar-refractivity contribution in [1.82, 2.24) is 4.98 Å². The molecule has 1 atom stereocenters. The van der Waals surface area contributed by atoms with Gasteiger partial charge in [-0.3, -0.25) is 9.59 Å². The molecule has 0 saturated heterocycles. The van der Waals surface area contributed by atoms with Gasteiger partial charge in [0.25, 0.3) is 0 Å². The lowest BCUT2D eigenvalue weighted by Gasteiger charge is -2.12. The topological polar surface area (TPSA) is 79.3 Å². The van der Waals surface area contributed by atoms with Crippen LogP contribution in [0, 0.1) is 5.92 Å². The van der Waals surface area contributed by atoms with Crippen LogP contribution >= 0.6 is 11.6 Å². The Morgan fingerprint density at radius 2 is 1.71 bits per heavy atom. The highest BCUT2D eigenvalue weighted by molar-refractivity contribution is 6.33. The van der Waals surface area contributed by atoms with E-state index >= 15 is 0 Å². The summed E-state index contributed by atoms with van der Waals surface area (Å²) >= 11 is 6.18. The lowest BCUT2D eigenvalue weighted by atomic mass is 9.96. The number of anilines is 1. The van der Waals surface area contributed by atoms with Gasteiger partial charge < -0.3 is 10.4 Å². The molecule has 6 heteroatoms. The largest absolute Gasteiger partial charge is 0.481 e. The van der Waals surface area contributed by atoms with Gasteiger partial charge in [0, 0.05) is 28.8 Å². The number of pyridine rings is 1. The molecule has 0 aliphatic heterocycles. The summed E-state index contributed by atoms with van der Waals surface area (Å²) in [6.45, 7) is 0. The van der Waals surface area contributed by atoms with Gasteiger partial charge >= 0.3 is 5.97 Å². The predicted molar refractivity (Wildman–Crippen MR) is 109 cm³/mol. The first-order valence-corrected chi connectivity index (χ1v) is 9.18. The number of carboxylic acids is 1. The molecule has 0 bridgehead atoms. The molecule has 1 heterocycles. The lowest BCUT2D eigenvalue weighted by Crippen LogP contribution is -2.24. The van der Waals surface area contributed by atoms with Crippen molar-refractivity contribution in [3.8, 4) is 11.1 Å². The van der Waals surface area contributed by atoms with Crippen LogP contribution < -0.4 is 5.32 Å². The number of aromatic nitrogens is 1. The third-order valence-corrected chi connectivity index (χ3v) is 4.65. The predicted octanol–water partition coefficient (Wildman–Crippen LogP) is 4.67. The quantitative estimate of drug-likeness (QED) is 0.610. The molecular weight excluding hydrogens is 376 g/mol. The number of carbonyl (C=O) groups excluding carboxylic acids is 1. The van der Waals surface area contributed by atoms with Crippen LogP contribution in [0.4, 0.5) is 5.82 Å². The van der Waals surface area contributed by atoms with Gasteiger partial charge in [0.05, 0.1) is 5.92 Å². The van der Waals surface area contributed by atoms with Crippen molar-refractivity contribution in [3.63, 3.8) is 0 Å². The fourth-order valence-corrected chi connectivity index (χ4v) is 3.13. The molecule has 3 aromatic rings. The van der Waals surface area contributed by atoms with Crippen LogP contribution in [0.25, 0.3) is 11.1 Å². The number of rotatable bonds is 7. The van der Waals surface area contributed by atoms with Gasteiger partial charge in [-0.2, -0.15) is 0 Å². The normalized spacial score (nSPS) is 11.6. The average molecular weight is 395 g/mol. The van der Waals surface area contributed by atoms with E-state index in [2.05, 4.69) is 10.3 Å². The summed E-state index contributed by atoms with van der Waals surface area (Å²) < 4.78 is 0. The van der Waals surface area contributed by atoms with Gasteiger partial charge in [-0.05, 0) is 30.2 Å². The van der Waals surface area contributed by atoms with E-state index in [0.29, 0.717) is 17.3 Å². The zero-order valence-corrected chi connectivity index (χ0v) is 15.8. The highest BCUT2D eigenvalue weighted by atomic mass is 35.5. The molecule has 142 valence electrons. The Labute approximate surface area is 168 Å². The molecule has 1 unspecified atom stereocenters. The fourth-order valence-electron chi connectivity index (χ4n) is 2.89. The van der Waals surface area contributed by atoms with Gasteiger partial charge in [-0.15, -0.1) is 0 Å². The summed E-state index contributed by atoms with van der Waals surface area (Å²) in [5, 5.41) is 12.7. The Morgan fingerprint density at radius 3 is 2.36 bits per heavy atom. The molecular formula is C22H19ClN2O3. The number of benzene rings is 2. The Hall–Kier alpha value is -3.18. The summed E-state index contributed by atoms with van der Waals surface area (Å²) in [7, 11) is 0. The van der Waals surface area contributed by atoms with Crippen molar-refractivity contribution in [1.29, 1.82) is 0 Å². The molecule has 0 aliphatic rings. The van der Waals surface area contributed by atoms with Crippen LogP contribution in [-0.4, -0.2) is 22.0 Å². The van der Waals surface area contributed by atoms with Crippen LogP contribution in [-0.2, 0) is 16.0 Å². The molecule has 28 heavy (non-hydrogen) atoms. The van der Waals surface area contributed by atoms with E-state index in [1.165, 1.54) is 0 Å². The Balaban J connectivity index is 1.63. The van der Waals surface area contributed by atoms with E-state index in [9.17, 15) is 14.7 Å². The molecule has 5 nitrogen and oxygen atoms in total. The molecule has 0 spiro atoms. The number of carbonyl (C=O) groups is 2. The standard InChI is InChI=1S/C22H19ClN2O3/c23-19-9-5-4-8-18(19)16-10-11-20(24-14-16)25-21(26)13-17(22(27)28)12-15-6-2-1-3-7-15/h1-11,14,17H,12-13H2,(H,27,28)(H,24,25,26). The van der Waals surface area contributed by atoms with Crippen molar-refractivity contribution < 1.29 is 14.7 Å². The van der Waals surface area contributed by atoms with Gasteiger partial charge in [-0.1, -0.05) is 60.1 Å². The zero-order valence-electron chi connectivity index (χ0n) is 15.0. The van der Waals surface area contributed by atoms with Crippen LogP contribution in [0.15, 0.2) is 72.9 Å². The maximum atomic E-state index is 12.3. The van der Waals surface area contributed by atoms with E-state index in [0.717, 1.165) is 16.7 Å². The smallest absolute Gasteiger partial charge is 0.307 e. The molecule has 2 aromatic carbocycles.